The van der Waals surface area contributed by atoms with Crippen molar-refractivity contribution in [1.82, 2.24) is 4.31 Å². The van der Waals surface area contributed by atoms with Crippen LogP contribution >= 0.6 is 11.8 Å². The van der Waals surface area contributed by atoms with E-state index in [0.717, 1.165) is 14.8 Å². The molecule has 0 aliphatic rings. The predicted molar refractivity (Wildman–Crippen MR) is 109 cm³/mol. The molecule has 0 aromatic heterocycles. The van der Waals surface area contributed by atoms with Crippen molar-refractivity contribution in [2.24, 2.45) is 0 Å². The molecule has 0 spiro atoms. The summed E-state index contributed by atoms with van der Waals surface area (Å²) in [6.07, 6.45) is 1.92. The van der Waals surface area contributed by atoms with Crippen molar-refractivity contribution < 1.29 is 22.7 Å². The lowest BCUT2D eigenvalue weighted by Gasteiger charge is -2.16. The van der Waals surface area contributed by atoms with E-state index in [2.05, 4.69) is 5.32 Å². The predicted octanol–water partition coefficient (Wildman–Crippen LogP) is 2.52. The Morgan fingerprint density at radius 3 is 2.46 bits per heavy atom. The molecule has 2 rings (SSSR count). The fourth-order valence-electron chi connectivity index (χ4n) is 2.25. The van der Waals surface area contributed by atoms with E-state index in [1.54, 1.807) is 30.3 Å². The van der Waals surface area contributed by atoms with Gasteiger partial charge in [0.05, 0.1) is 4.90 Å². The molecule has 0 saturated heterocycles. The molecule has 9 heteroatoms. The molecular formula is C19H22N2O5S2. The lowest BCUT2D eigenvalue weighted by atomic mass is 10.2. The van der Waals surface area contributed by atoms with Crippen LogP contribution in [0.5, 0.6) is 0 Å². The van der Waals surface area contributed by atoms with Crippen LogP contribution in [0.4, 0.5) is 5.69 Å². The Morgan fingerprint density at radius 2 is 1.82 bits per heavy atom. The van der Waals surface area contributed by atoms with Gasteiger partial charge in [-0.15, -0.1) is 11.8 Å². The van der Waals surface area contributed by atoms with Crippen LogP contribution in [0.15, 0.2) is 58.3 Å². The molecule has 0 heterocycles. The molecule has 0 aliphatic carbocycles. The fraction of sp³-hybridized carbons (Fsp3) is 0.263. The van der Waals surface area contributed by atoms with E-state index < -0.39 is 35.1 Å². The number of benzene rings is 2. The van der Waals surface area contributed by atoms with Crippen LogP contribution in [0.2, 0.25) is 0 Å². The molecule has 7 nitrogen and oxygen atoms in total. The molecule has 0 fully saturated rings. The first kappa shape index (κ1) is 21.9. The number of nitrogens with one attached hydrogen (secondary N) is 1. The van der Waals surface area contributed by atoms with Crippen LogP contribution in [0.1, 0.15) is 5.56 Å². The minimum atomic E-state index is -3.82. The maximum atomic E-state index is 12.5. The molecule has 1 amide bonds. The fourth-order valence-corrected chi connectivity index (χ4v) is 3.82. The summed E-state index contributed by atoms with van der Waals surface area (Å²) in [5.74, 6) is -1.32. The number of anilines is 1. The van der Waals surface area contributed by atoms with Gasteiger partial charge in [-0.05, 0) is 43.5 Å². The second-order valence-electron chi connectivity index (χ2n) is 6.01. The average Bonchev–Trinajstić information content (AvgIpc) is 2.66. The number of carbonyl (C=O) groups is 2. The number of thioether (sulfide) groups is 1. The summed E-state index contributed by atoms with van der Waals surface area (Å²) in [5.41, 5.74) is 1.52. The Labute approximate surface area is 169 Å². The molecular weight excluding hydrogens is 400 g/mol. The third kappa shape index (κ3) is 6.08. The van der Waals surface area contributed by atoms with Crippen molar-refractivity contribution in [3.8, 4) is 0 Å². The maximum Gasteiger partial charge on any atom is 0.321 e. The Bertz CT molecular complexity index is 943. The molecule has 28 heavy (non-hydrogen) atoms. The summed E-state index contributed by atoms with van der Waals surface area (Å²) >= 11 is 1.54. The lowest BCUT2D eigenvalue weighted by Crippen LogP contribution is -2.34. The van der Waals surface area contributed by atoms with Crippen LogP contribution in [-0.2, 0) is 24.3 Å². The van der Waals surface area contributed by atoms with E-state index in [9.17, 15) is 18.0 Å². The molecule has 150 valence electrons. The maximum absolute atomic E-state index is 12.5. The highest BCUT2D eigenvalue weighted by atomic mass is 32.2. The summed E-state index contributed by atoms with van der Waals surface area (Å²) < 4.78 is 30.7. The Balaban J connectivity index is 1.87. The number of amides is 1. The number of rotatable bonds is 8. The highest BCUT2D eigenvalue weighted by molar-refractivity contribution is 7.98. The zero-order chi connectivity index (χ0) is 20.7. The van der Waals surface area contributed by atoms with Gasteiger partial charge in [-0.1, -0.05) is 23.8 Å². The minimum Gasteiger partial charge on any atom is -0.455 e. The molecule has 0 unspecified atom stereocenters. The first-order valence-electron chi connectivity index (χ1n) is 8.35. The van der Waals surface area contributed by atoms with Crippen LogP contribution in [0.25, 0.3) is 0 Å². The van der Waals surface area contributed by atoms with E-state index in [1.807, 2.05) is 19.2 Å². The number of likely N-dealkylation sites (N-methyl/N-ethyl adjacent to an activating group) is 1. The van der Waals surface area contributed by atoms with Crippen molar-refractivity contribution in [3.63, 3.8) is 0 Å². The normalized spacial score (nSPS) is 11.3. The molecule has 0 radical (unpaired) electrons. The van der Waals surface area contributed by atoms with E-state index in [1.165, 1.54) is 30.9 Å². The highest BCUT2D eigenvalue weighted by Crippen LogP contribution is 2.19. The largest absolute Gasteiger partial charge is 0.455 e. The number of aryl methyl sites for hydroxylation is 1. The molecule has 2 aromatic rings. The van der Waals surface area contributed by atoms with Gasteiger partial charge in [0.25, 0.3) is 5.91 Å². The van der Waals surface area contributed by atoms with E-state index in [-0.39, 0.29) is 4.90 Å². The van der Waals surface area contributed by atoms with Gasteiger partial charge in [0.1, 0.15) is 6.54 Å². The van der Waals surface area contributed by atoms with Gasteiger partial charge >= 0.3 is 5.97 Å². The zero-order valence-electron chi connectivity index (χ0n) is 15.8. The second-order valence-corrected chi connectivity index (χ2v) is 8.94. The Morgan fingerprint density at radius 1 is 1.14 bits per heavy atom. The number of nitrogens with zero attached hydrogens (tertiary/aromatic N) is 1. The monoisotopic (exact) mass is 422 g/mol. The quantitative estimate of drug-likeness (QED) is 0.519. The zero-order valence-corrected chi connectivity index (χ0v) is 17.5. The minimum absolute atomic E-state index is 0.0832. The number of hydrogen-bond acceptors (Lipinski definition) is 6. The van der Waals surface area contributed by atoms with Crippen molar-refractivity contribution in [2.45, 2.75) is 16.7 Å². The van der Waals surface area contributed by atoms with Gasteiger partial charge in [0.2, 0.25) is 10.0 Å². The first-order valence-corrected chi connectivity index (χ1v) is 11.0. The van der Waals surface area contributed by atoms with Crippen molar-refractivity contribution in [1.29, 1.82) is 0 Å². The standard InChI is InChI=1S/C19H22N2O5S2/c1-14-7-9-17(10-8-14)28(24,25)21(2)12-19(23)26-13-18(22)20-15-5-4-6-16(11-15)27-3/h4-11H,12-13H2,1-3H3,(H,20,22). The molecule has 0 aliphatic heterocycles. The number of ether oxygens (including phenoxy) is 1. The molecule has 1 N–H and O–H groups in total. The molecule has 0 saturated carbocycles. The summed E-state index contributed by atoms with van der Waals surface area (Å²) in [6, 6.07) is 13.5. The van der Waals surface area contributed by atoms with Crippen molar-refractivity contribution in [3.05, 3.63) is 54.1 Å². The van der Waals surface area contributed by atoms with Crippen LogP contribution in [0.3, 0.4) is 0 Å². The summed E-state index contributed by atoms with van der Waals surface area (Å²) in [5, 5.41) is 2.63. The average molecular weight is 423 g/mol. The lowest BCUT2D eigenvalue weighted by molar-refractivity contribution is -0.147. The summed E-state index contributed by atoms with van der Waals surface area (Å²) in [6.45, 7) is 0.853. The van der Waals surface area contributed by atoms with Crippen molar-refractivity contribution in [2.75, 3.05) is 31.8 Å². The number of esters is 1. The first-order chi connectivity index (χ1) is 13.2. The van der Waals surface area contributed by atoms with E-state index in [0.29, 0.717) is 5.69 Å². The topological polar surface area (TPSA) is 92.8 Å². The van der Waals surface area contributed by atoms with E-state index in [4.69, 9.17) is 4.74 Å². The van der Waals surface area contributed by atoms with Crippen molar-refractivity contribution >= 4 is 39.3 Å². The molecule has 2 aromatic carbocycles. The van der Waals surface area contributed by atoms with Gasteiger partial charge in [0.15, 0.2) is 6.61 Å². The van der Waals surface area contributed by atoms with Gasteiger partial charge in [0, 0.05) is 17.6 Å². The second kappa shape index (κ2) is 9.72. The Hall–Kier alpha value is -2.36. The third-order valence-electron chi connectivity index (χ3n) is 3.80. The number of sulfonamides is 1. The Kier molecular flexibility index (Phi) is 7.61. The number of carbonyl (C=O) groups excluding carboxylic acids is 2. The SMILES string of the molecule is CSc1cccc(NC(=O)COC(=O)CN(C)S(=O)(=O)c2ccc(C)cc2)c1. The van der Waals surface area contributed by atoms with E-state index >= 15 is 0 Å². The highest BCUT2D eigenvalue weighted by Gasteiger charge is 2.23. The van der Waals surface area contributed by atoms with Gasteiger partial charge in [-0.25, -0.2) is 8.42 Å². The van der Waals surface area contributed by atoms with Crippen LogP contribution < -0.4 is 5.32 Å². The summed E-state index contributed by atoms with van der Waals surface area (Å²) in [4.78, 5) is 24.9. The third-order valence-corrected chi connectivity index (χ3v) is 6.34. The van der Waals surface area contributed by atoms with Gasteiger partial charge in [-0.3, -0.25) is 9.59 Å². The molecule has 0 bridgehead atoms. The summed E-state index contributed by atoms with van der Waals surface area (Å²) in [7, 11) is -2.53. The number of hydrogen-bond donors (Lipinski definition) is 1. The van der Waals surface area contributed by atoms with Crippen LogP contribution in [0, 0.1) is 6.92 Å². The van der Waals surface area contributed by atoms with Gasteiger partial charge < -0.3 is 10.1 Å². The van der Waals surface area contributed by atoms with Gasteiger partial charge in [-0.2, -0.15) is 4.31 Å². The van der Waals surface area contributed by atoms with Crippen LogP contribution in [-0.4, -0.2) is 51.1 Å². The smallest absolute Gasteiger partial charge is 0.321 e. The molecule has 0 atom stereocenters.